The second-order valence-corrected chi connectivity index (χ2v) is 4.64. The van der Waals surface area contributed by atoms with E-state index < -0.39 is 5.97 Å². The van der Waals surface area contributed by atoms with E-state index in [-0.39, 0.29) is 12.0 Å². The van der Waals surface area contributed by atoms with Crippen LogP contribution in [0.25, 0.3) is 6.08 Å². The van der Waals surface area contributed by atoms with Crippen LogP contribution in [0, 0.1) is 0 Å². The fraction of sp³-hybridized carbons (Fsp3) is 0.333. The van der Waals surface area contributed by atoms with Crippen molar-refractivity contribution in [1.82, 2.24) is 0 Å². The lowest BCUT2D eigenvalue weighted by molar-refractivity contribution is -0.131. The van der Waals surface area contributed by atoms with Crippen LogP contribution in [0.1, 0.15) is 24.8 Å². The maximum atomic E-state index is 12.0. The smallest absolute Gasteiger partial charge is 0.328 e. The standard InChI is InChI=1S/C15H17NO4/c17-14(18)8-7-11-4-3-5-12(10-11)16-15(19)13-6-1-2-9-20-13/h3-5,7-8,10,13H,1-2,6,9H2,(H,16,19)(H,17,18)/b8-7+. The lowest BCUT2D eigenvalue weighted by Gasteiger charge is -2.21. The third-order valence-electron chi connectivity index (χ3n) is 3.04. The Morgan fingerprint density at radius 1 is 1.35 bits per heavy atom. The van der Waals surface area contributed by atoms with Gasteiger partial charge in [-0.2, -0.15) is 0 Å². The number of carbonyl (C=O) groups is 2. The molecule has 1 aromatic rings. The highest BCUT2D eigenvalue weighted by atomic mass is 16.5. The topological polar surface area (TPSA) is 75.6 Å². The van der Waals surface area contributed by atoms with Crippen LogP contribution in [0.3, 0.4) is 0 Å². The van der Waals surface area contributed by atoms with Crippen molar-refractivity contribution >= 4 is 23.6 Å². The maximum absolute atomic E-state index is 12.0. The number of rotatable bonds is 4. The maximum Gasteiger partial charge on any atom is 0.328 e. The van der Waals surface area contributed by atoms with Crippen molar-refractivity contribution in [1.29, 1.82) is 0 Å². The average molecular weight is 275 g/mol. The zero-order valence-electron chi connectivity index (χ0n) is 11.0. The molecule has 20 heavy (non-hydrogen) atoms. The molecule has 1 saturated heterocycles. The summed E-state index contributed by atoms with van der Waals surface area (Å²) in [4.78, 5) is 22.5. The van der Waals surface area contributed by atoms with Crippen molar-refractivity contribution in [3.63, 3.8) is 0 Å². The largest absolute Gasteiger partial charge is 0.478 e. The minimum atomic E-state index is -1.00. The number of anilines is 1. The first-order valence-electron chi connectivity index (χ1n) is 6.59. The Bertz CT molecular complexity index is 518. The molecule has 2 rings (SSSR count). The van der Waals surface area contributed by atoms with E-state index in [1.54, 1.807) is 24.3 Å². The Labute approximate surface area is 117 Å². The van der Waals surface area contributed by atoms with Crippen LogP contribution in [0.4, 0.5) is 5.69 Å². The van der Waals surface area contributed by atoms with Gasteiger partial charge in [0.2, 0.25) is 0 Å². The lowest BCUT2D eigenvalue weighted by Crippen LogP contribution is -2.33. The van der Waals surface area contributed by atoms with Gasteiger partial charge in [0.25, 0.3) is 5.91 Å². The molecule has 0 spiro atoms. The van der Waals surface area contributed by atoms with Crippen LogP contribution in [-0.4, -0.2) is 29.7 Å². The van der Waals surface area contributed by atoms with Gasteiger partial charge in [-0.1, -0.05) is 12.1 Å². The van der Waals surface area contributed by atoms with E-state index in [9.17, 15) is 9.59 Å². The molecule has 1 aromatic carbocycles. The molecule has 1 heterocycles. The van der Waals surface area contributed by atoms with E-state index >= 15 is 0 Å². The zero-order chi connectivity index (χ0) is 14.4. The molecule has 106 valence electrons. The van der Waals surface area contributed by atoms with Crippen molar-refractivity contribution < 1.29 is 19.4 Å². The SMILES string of the molecule is O=C(O)/C=C/c1cccc(NC(=O)C2CCCCO2)c1. The highest BCUT2D eigenvalue weighted by Crippen LogP contribution is 2.16. The monoisotopic (exact) mass is 275 g/mol. The van der Waals surface area contributed by atoms with E-state index in [4.69, 9.17) is 9.84 Å². The molecule has 5 nitrogen and oxygen atoms in total. The summed E-state index contributed by atoms with van der Waals surface area (Å²) in [6.07, 6.45) is 4.89. The summed E-state index contributed by atoms with van der Waals surface area (Å²) in [6.45, 7) is 0.624. The molecule has 2 N–H and O–H groups in total. The van der Waals surface area contributed by atoms with Gasteiger partial charge in [-0.25, -0.2) is 4.79 Å². The van der Waals surface area contributed by atoms with Crippen molar-refractivity contribution in [3.8, 4) is 0 Å². The van der Waals surface area contributed by atoms with Crippen LogP contribution < -0.4 is 5.32 Å². The number of ether oxygens (including phenoxy) is 1. The Morgan fingerprint density at radius 3 is 2.90 bits per heavy atom. The van der Waals surface area contributed by atoms with E-state index in [1.165, 1.54) is 6.08 Å². The summed E-state index contributed by atoms with van der Waals surface area (Å²) in [5, 5.41) is 11.4. The third kappa shape index (κ3) is 4.20. The number of amides is 1. The molecular formula is C15H17NO4. The molecule has 0 bridgehead atoms. The highest BCUT2D eigenvalue weighted by Gasteiger charge is 2.21. The van der Waals surface area contributed by atoms with E-state index in [0.717, 1.165) is 30.9 Å². The first kappa shape index (κ1) is 14.3. The summed E-state index contributed by atoms with van der Waals surface area (Å²) in [5.41, 5.74) is 1.35. The average Bonchev–Trinajstić information content (AvgIpc) is 2.46. The molecule has 0 saturated carbocycles. The van der Waals surface area contributed by atoms with Gasteiger partial charge in [-0.15, -0.1) is 0 Å². The molecule has 1 atom stereocenters. The van der Waals surface area contributed by atoms with Gasteiger partial charge in [0, 0.05) is 18.4 Å². The van der Waals surface area contributed by atoms with Gasteiger partial charge in [0.05, 0.1) is 0 Å². The normalized spacial score (nSPS) is 18.9. The molecule has 1 unspecified atom stereocenters. The molecule has 0 aliphatic carbocycles. The molecule has 0 radical (unpaired) electrons. The summed E-state index contributed by atoms with van der Waals surface area (Å²) in [5.74, 6) is -1.15. The summed E-state index contributed by atoms with van der Waals surface area (Å²) < 4.78 is 5.42. The highest BCUT2D eigenvalue weighted by molar-refractivity contribution is 5.94. The van der Waals surface area contributed by atoms with Crippen molar-refractivity contribution in [3.05, 3.63) is 35.9 Å². The van der Waals surface area contributed by atoms with Crippen molar-refractivity contribution in [2.45, 2.75) is 25.4 Å². The summed E-state index contributed by atoms with van der Waals surface area (Å²) in [6, 6.07) is 7.02. The number of carbonyl (C=O) groups excluding carboxylic acids is 1. The number of carboxylic acid groups (broad SMARTS) is 1. The number of carboxylic acids is 1. The summed E-state index contributed by atoms with van der Waals surface area (Å²) >= 11 is 0. The van der Waals surface area contributed by atoms with Crippen LogP contribution >= 0.6 is 0 Å². The van der Waals surface area contributed by atoms with E-state index in [1.807, 2.05) is 0 Å². The minimum absolute atomic E-state index is 0.149. The second kappa shape index (κ2) is 6.86. The molecule has 1 aliphatic heterocycles. The quantitative estimate of drug-likeness (QED) is 0.827. The van der Waals surface area contributed by atoms with Crippen LogP contribution in [-0.2, 0) is 14.3 Å². The number of nitrogens with one attached hydrogen (secondary N) is 1. The van der Waals surface area contributed by atoms with E-state index in [2.05, 4.69) is 5.32 Å². The van der Waals surface area contributed by atoms with Gasteiger partial charge in [-0.3, -0.25) is 4.79 Å². The second-order valence-electron chi connectivity index (χ2n) is 4.64. The van der Waals surface area contributed by atoms with Gasteiger partial charge in [-0.05, 0) is 43.0 Å². The van der Waals surface area contributed by atoms with Crippen LogP contribution in [0.5, 0.6) is 0 Å². The van der Waals surface area contributed by atoms with Crippen molar-refractivity contribution in [2.75, 3.05) is 11.9 Å². The minimum Gasteiger partial charge on any atom is -0.478 e. The molecular weight excluding hydrogens is 258 g/mol. The predicted octanol–water partition coefficient (Wildman–Crippen LogP) is 2.29. The van der Waals surface area contributed by atoms with Gasteiger partial charge in [0.15, 0.2) is 0 Å². The van der Waals surface area contributed by atoms with Gasteiger partial charge >= 0.3 is 5.97 Å². The molecule has 5 heteroatoms. The Balaban J connectivity index is 2.00. The molecule has 1 fully saturated rings. The number of benzene rings is 1. The van der Waals surface area contributed by atoms with Crippen LogP contribution in [0.2, 0.25) is 0 Å². The lowest BCUT2D eigenvalue weighted by atomic mass is 10.1. The van der Waals surface area contributed by atoms with E-state index in [0.29, 0.717) is 12.3 Å². The fourth-order valence-electron chi connectivity index (χ4n) is 2.06. The summed E-state index contributed by atoms with van der Waals surface area (Å²) in [7, 11) is 0. The first-order chi connectivity index (χ1) is 9.65. The first-order valence-corrected chi connectivity index (χ1v) is 6.59. The molecule has 1 amide bonds. The predicted molar refractivity (Wildman–Crippen MR) is 75.3 cm³/mol. The molecule has 1 aliphatic rings. The third-order valence-corrected chi connectivity index (χ3v) is 3.04. The number of aliphatic carboxylic acids is 1. The van der Waals surface area contributed by atoms with Gasteiger partial charge in [0.1, 0.15) is 6.10 Å². The van der Waals surface area contributed by atoms with Crippen LogP contribution in [0.15, 0.2) is 30.3 Å². The Kier molecular flexibility index (Phi) is 4.90. The molecule has 0 aromatic heterocycles. The van der Waals surface area contributed by atoms with Gasteiger partial charge < -0.3 is 15.2 Å². The van der Waals surface area contributed by atoms with Crippen molar-refractivity contribution in [2.24, 2.45) is 0 Å². The number of hydrogen-bond donors (Lipinski definition) is 2. The Hall–Kier alpha value is -2.14. The fourth-order valence-corrected chi connectivity index (χ4v) is 2.06. The Morgan fingerprint density at radius 2 is 2.20 bits per heavy atom. The number of hydrogen-bond acceptors (Lipinski definition) is 3. The zero-order valence-corrected chi connectivity index (χ0v) is 11.0.